The summed E-state index contributed by atoms with van der Waals surface area (Å²) in [6.07, 6.45) is 1.01. The van der Waals surface area contributed by atoms with Crippen LogP contribution in [0.4, 0.5) is 10.1 Å². The fourth-order valence-corrected chi connectivity index (χ4v) is 2.64. The Morgan fingerprint density at radius 2 is 1.95 bits per heavy atom. The van der Waals surface area contributed by atoms with Gasteiger partial charge in [0.05, 0.1) is 6.61 Å². The maximum atomic E-state index is 13.1. The van der Waals surface area contributed by atoms with Crippen molar-refractivity contribution in [3.8, 4) is 0 Å². The summed E-state index contributed by atoms with van der Waals surface area (Å²) in [5.74, 6) is -0.216. The maximum absolute atomic E-state index is 13.1. The van der Waals surface area contributed by atoms with Crippen LogP contribution in [0.5, 0.6) is 0 Å². The molecule has 1 atom stereocenters. The van der Waals surface area contributed by atoms with Gasteiger partial charge in [-0.3, -0.25) is 4.90 Å². The zero-order chi connectivity index (χ0) is 14.0. The van der Waals surface area contributed by atoms with Crippen molar-refractivity contribution in [2.24, 2.45) is 0 Å². The molecule has 0 spiro atoms. The van der Waals surface area contributed by atoms with Gasteiger partial charge in [0.25, 0.3) is 0 Å². The molecule has 1 aromatic rings. The molecule has 0 aromatic heterocycles. The van der Waals surface area contributed by atoms with E-state index in [2.05, 4.69) is 23.6 Å². The highest BCUT2D eigenvalue weighted by molar-refractivity contribution is 5.49. The molecule has 2 rings (SSSR count). The van der Waals surface area contributed by atoms with Crippen LogP contribution >= 0.6 is 0 Å². The molecule has 4 heteroatoms. The summed E-state index contributed by atoms with van der Waals surface area (Å²) < 4.78 is 13.1. The molecule has 1 heterocycles. The minimum absolute atomic E-state index is 0.00396. The van der Waals surface area contributed by atoms with Crippen LogP contribution < -0.4 is 4.90 Å². The van der Waals surface area contributed by atoms with Crippen molar-refractivity contribution in [2.45, 2.75) is 31.8 Å². The van der Waals surface area contributed by atoms with E-state index >= 15 is 0 Å². The number of hydrogen-bond acceptors (Lipinski definition) is 3. The number of rotatable bonds is 2. The third-order valence-corrected chi connectivity index (χ3v) is 4.17. The largest absolute Gasteiger partial charge is 0.395 e. The van der Waals surface area contributed by atoms with Crippen LogP contribution in [0.2, 0.25) is 0 Å². The van der Waals surface area contributed by atoms with Crippen molar-refractivity contribution in [1.82, 2.24) is 4.90 Å². The number of nitrogens with zero attached hydrogens (tertiary/aromatic N) is 2. The number of benzene rings is 1. The van der Waals surface area contributed by atoms with Crippen LogP contribution in [0.3, 0.4) is 0 Å². The van der Waals surface area contributed by atoms with E-state index in [0.29, 0.717) is 0 Å². The molecule has 1 N–H and O–H groups in total. The van der Waals surface area contributed by atoms with Crippen LogP contribution in [0.25, 0.3) is 0 Å². The molecule has 1 unspecified atom stereocenters. The number of aliphatic hydroxyl groups is 1. The van der Waals surface area contributed by atoms with Crippen LogP contribution in [-0.2, 0) is 0 Å². The number of aliphatic hydroxyl groups excluding tert-OH is 1. The summed E-state index contributed by atoms with van der Waals surface area (Å²) in [4.78, 5) is 4.47. The van der Waals surface area contributed by atoms with E-state index in [1.807, 2.05) is 19.2 Å². The van der Waals surface area contributed by atoms with Crippen molar-refractivity contribution in [3.05, 3.63) is 30.1 Å². The Labute approximate surface area is 114 Å². The van der Waals surface area contributed by atoms with Gasteiger partial charge in [-0.15, -0.1) is 0 Å². The molecule has 19 heavy (non-hydrogen) atoms. The standard InChI is InChI=1S/C15H23FN2O/c1-15(2)8-9-17(3)14(11-19)10-18(15)13-6-4-12(16)5-7-13/h4-7,14,19H,8-11H2,1-3H3. The van der Waals surface area contributed by atoms with Crippen LogP contribution in [0.1, 0.15) is 20.3 Å². The van der Waals surface area contributed by atoms with Crippen molar-refractivity contribution in [1.29, 1.82) is 0 Å². The third kappa shape index (κ3) is 3.07. The molecule has 0 radical (unpaired) electrons. The first-order valence-corrected chi connectivity index (χ1v) is 6.78. The highest BCUT2D eigenvalue weighted by Crippen LogP contribution is 2.30. The summed E-state index contributed by atoms with van der Waals surface area (Å²) in [5.41, 5.74) is 1.01. The lowest BCUT2D eigenvalue weighted by molar-refractivity contribution is 0.158. The SMILES string of the molecule is CN1CCC(C)(C)N(c2ccc(F)cc2)CC1CO. The zero-order valence-electron chi connectivity index (χ0n) is 11.9. The second kappa shape index (κ2) is 5.47. The van der Waals surface area contributed by atoms with Gasteiger partial charge in [0.1, 0.15) is 5.82 Å². The average Bonchev–Trinajstić information content (AvgIpc) is 2.49. The molecule has 0 bridgehead atoms. The minimum Gasteiger partial charge on any atom is -0.395 e. The number of hydrogen-bond donors (Lipinski definition) is 1. The summed E-state index contributed by atoms with van der Waals surface area (Å²) in [5, 5.41) is 9.54. The van der Waals surface area contributed by atoms with E-state index in [1.54, 1.807) is 0 Å². The number of anilines is 1. The Bertz CT molecular complexity index is 419. The zero-order valence-corrected chi connectivity index (χ0v) is 11.9. The molecule has 1 aliphatic heterocycles. The highest BCUT2D eigenvalue weighted by Gasteiger charge is 2.33. The van der Waals surface area contributed by atoms with Gasteiger partial charge in [0.2, 0.25) is 0 Å². The lowest BCUT2D eigenvalue weighted by atomic mass is 9.97. The summed E-state index contributed by atoms with van der Waals surface area (Å²) in [7, 11) is 2.05. The second-order valence-corrected chi connectivity index (χ2v) is 5.97. The van der Waals surface area contributed by atoms with Gasteiger partial charge >= 0.3 is 0 Å². The predicted molar refractivity (Wildman–Crippen MR) is 75.9 cm³/mol. The summed E-state index contributed by atoms with van der Waals surface area (Å²) in [6, 6.07) is 6.74. The molecule has 0 saturated carbocycles. The van der Waals surface area contributed by atoms with Gasteiger partial charge in [0.15, 0.2) is 0 Å². The van der Waals surface area contributed by atoms with Crippen molar-refractivity contribution in [2.75, 3.05) is 31.6 Å². The smallest absolute Gasteiger partial charge is 0.123 e. The van der Waals surface area contributed by atoms with E-state index in [-0.39, 0.29) is 24.0 Å². The lowest BCUT2D eigenvalue weighted by Gasteiger charge is -2.40. The van der Waals surface area contributed by atoms with Gasteiger partial charge < -0.3 is 10.0 Å². The maximum Gasteiger partial charge on any atom is 0.123 e. The number of halogens is 1. The van der Waals surface area contributed by atoms with Crippen LogP contribution in [0.15, 0.2) is 24.3 Å². The van der Waals surface area contributed by atoms with E-state index in [1.165, 1.54) is 12.1 Å². The van der Waals surface area contributed by atoms with E-state index in [9.17, 15) is 9.50 Å². The van der Waals surface area contributed by atoms with Gasteiger partial charge in [-0.05, 0) is 51.6 Å². The second-order valence-electron chi connectivity index (χ2n) is 5.97. The van der Waals surface area contributed by atoms with Crippen molar-refractivity contribution in [3.63, 3.8) is 0 Å². The molecule has 0 amide bonds. The van der Waals surface area contributed by atoms with Gasteiger partial charge in [-0.1, -0.05) is 0 Å². The number of likely N-dealkylation sites (N-methyl/N-ethyl adjacent to an activating group) is 1. The molecule has 0 aliphatic carbocycles. The third-order valence-electron chi connectivity index (χ3n) is 4.17. The van der Waals surface area contributed by atoms with E-state index in [4.69, 9.17) is 0 Å². The molecule has 106 valence electrons. The highest BCUT2D eigenvalue weighted by atomic mass is 19.1. The fourth-order valence-electron chi connectivity index (χ4n) is 2.64. The lowest BCUT2D eigenvalue weighted by Crippen LogP contribution is -2.47. The normalized spacial score (nSPS) is 24.3. The van der Waals surface area contributed by atoms with E-state index < -0.39 is 0 Å². The van der Waals surface area contributed by atoms with Gasteiger partial charge in [0, 0.05) is 30.4 Å². The van der Waals surface area contributed by atoms with Crippen molar-refractivity contribution >= 4 is 5.69 Å². The monoisotopic (exact) mass is 266 g/mol. The molecule has 3 nitrogen and oxygen atoms in total. The summed E-state index contributed by atoms with van der Waals surface area (Å²) in [6.45, 7) is 6.25. The minimum atomic E-state index is -0.216. The summed E-state index contributed by atoms with van der Waals surface area (Å²) >= 11 is 0. The quantitative estimate of drug-likeness (QED) is 0.888. The molecule has 1 fully saturated rings. The Hall–Kier alpha value is -1.13. The average molecular weight is 266 g/mol. The molecule has 1 saturated heterocycles. The van der Waals surface area contributed by atoms with Crippen molar-refractivity contribution < 1.29 is 9.50 Å². The van der Waals surface area contributed by atoms with Crippen LogP contribution in [0, 0.1) is 5.82 Å². The molecular formula is C15H23FN2O. The van der Waals surface area contributed by atoms with Crippen LogP contribution in [-0.4, -0.2) is 48.3 Å². The van der Waals surface area contributed by atoms with Gasteiger partial charge in [-0.2, -0.15) is 0 Å². The Morgan fingerprint density at radius 3 is 2.53 bits per heavy atom. The molecule has 1 aliphatic rings. The topological polar surface area (TPSA) is 26.7 Å². The molecular weight excluding hydrogens is 243 g/mol. The first-order valence-electron chi connectivity index (χ1n) is 6.78. The fraction of sp³-hybridized carbons (Fsp3) is 0.600. The Balaban J connectivity index is 2.30. The van der Waals surface area contributed by atoms with Gasteiger partial charge in [-0.25, -0.2) is 4.39 Å². The predicted octanol–water partition coefficient (Wildman–Crippen LogP) is 2.11. The Morgan fingerprint density at radius 1 is 1.32 bits per heavy atom. The Kier molecular flexibility index (Phi) is 4.11. The van der Waals surface area contributed by atoms with E-state index in [0.717, 1.165) is 25.2 Å². The first-order chi connectivity index (χ1) is 8.94. The molecule has 1 aromatic carbocycles. The first kappa shape index (κ1) is 14.3.